The van der Waals surface area contributed by atoms with E-state index in [9.17, 15) is 19.1 Å². The Bertz CT molecular complexity index is 1400. The zero-order valence-corrected chi connectivity index (χ0v) is 18.2. The number of hydrogen-bond donors (Lipinski definition) is 2. The molecule has 33 heavy (non-hydrogen) atoms. The van der Waals surface area contributed by atoms with Crippen LogP contribution in [0, 0.1) is 5.82 Å². The van der Waals surface area contributed by atoms with Crippen molar-refractivity contribution in [3.8, 4) is 28.2 Å². The highest BCUT2D eigenvalue weighted by Gasteiger charge is 2.22. The molecular formula is C27H22FNO4. The van der Waals surface area contributed by atoms with E-state index in [1.807, 2.05) is 6.92 Å². The number of Topliss-reactive ketones (excluding diaryl/α,β-unsaturated/α-hetero) is 1. The SMILES string of the molecule is C=C(CC)C(=O)c1ccc(O)c(-c2ccc3oc(-c4ccc(F)cc4)c(C(=O)NC)c3c2)c1. The fourth-order valence-corrected chi connectivity index (χ4v) is 3.69. The number of aromatic hydroxyl groups is 1. The van der Waals surface area contributed by atoms with Gasteiger partial charge < -0.3 is 14.8 Å². The van der Waals surface area contributed by atoms with Gasteiger partial charge >= 0.3 is 0 Å². The smallest absolute Gasteiger partial charge is 0.255 e. The number of hydrogen-bond acceptors (Lipinski definition) is 4. The van der Waals surface area contributed by atoms with Gasteiger partial charge in [0.15, 0.2) is 5.78 Å². The zero-order valence-electron chi connectivity index (χ0n) is 18.2. The Labute approximate surface area is 190 Å². The first kappa shape index (κ1) is 22.0. The van der Waals surface area contributed by atoms with Gasteiger partial charge in [-0.05, 0) is 72.2 Å². The van der Waals surface area contributed by atoms with Crippen LogP contribution in [0.1, 0.15) is 34.1 Å². The quantitative estimate of drug-likeness (QED) is 0.278. The van der Waals surface area contributed by atoms with E-state index < -0.39 is 5.82 Å². The summed E-state index contributed by atoms with van der Waals surface area (Å²) in [6.07, 6.45) is 0.525. The number of nitrogens with one attached hydrogen (secondary N) is 1. The van der Waals surface area contributed by atoms with Gasteiger partial charge in [0.05, 0.1) is 5.56 Å². The average Bonchev–Trinajstić information content (AvgIpc) is 3.22. The van der Waals surface area contributed by atoms with Gasteiger partial charge in [-0.3, -0.25) is 9.59 Å². The van der Waals surface area contributed by atoms with Crippen LogP contribution >= 0.6 is 0 Å². The molecule has 0 atom stereocenters. The van der Waals surface area contributed by atoms with Crippen LogP contribution in [0.25, 0.3) is 33.4 Å². The highest BCUT2D eigenvalue weighted by atomic mass is 19.1. The molecule has 166 valence electrons. The Morgan fingerprint density at radius 2 is 1.73 bits per heavy atom. The molecule has 1 aromatic heterocycles. The van der Waals surface area contributed by atoms with Crippen LogP contribution in [-0.4, -0.2) is 23.8 Å². The van der Waals surface area contributed by atoms with Crippen molar-refractivity contribution in [2.75, 3.05) is 7.05 Å². The van der Waals surface area contributed by atoms with Crippen LogP contribution in [0.3, 0.4) is 0 Å². The average molecular weight is 443 g/mol. The first-order valence-corrected chi connectivity index (χ1v) is 10.4. The van der Waals surface area contributed by atoms with E-state index in [1.54, 1.807) is 42.5 Å². The second-order valence-corrected chi connectivity index (χ2v) is 7.62. The third-order valence-electron chi connectivity index (χ3n) is 5.57. The number of halogens is 1. The molecule has 2 N–H and O–H groups in total. The van der Waals surface area contributed by atoms with Gasteiger partial charge in [0.25, 0.3) is 5.91 Å². The third-order valence-corrected chi connectivity index (χ3v) is 5.57. The lowest BCUT2D eigenvalue weighted by Gasteiger charge is -2.09. The van der Waals surface area contributed by atoms with Gasteiger partial charge in [0, 0.05) is 29.1 Å². The Kier molecular flexibility index (Phi) is 5.84. The molecule has 6 heteroatoms. The van der Waals surface area contributed by atoms with Crippen LogP contribution in [0.2, 0.25) is 0 Å². The standard InChI is InChI=1S/C27H22FNO4/c1-4-15(2)25(31)18-7-11-22(30)20(14-18)17-8-12-23-21(13-17)24(27(32)29-3)26(33-23)16-5-9-19(28)10-6-16/h5-14,30H,2,4H2,1,3H3,(H,29,32). The molecule has 0 spiro atoms. The molecule has 0 aliphatic heterocycles. The Balaban J connectivity index is 1.90. The van der Waals surface area contributed by atoms with Crippen LogP contribution in [0.4, 0.5) is 4.39 Å². The van der Waals surface area contributed by atoms with Crippen molar-refractivity contribution in [3.63, 3.8) is 0 Å². The van der Waals surface area contributed by atoms with Gasteiger partial charge in [-0.25, -0.2) is 4.39 Å². The first-order chi connectivity index (χ1) is 15.8. The summed E-state index contributed by atoms with van der Waals surface area (Å²) in [7, 11) is 1.51. The molecule has 0 unspecified atom stereocenters. The lowest BCUT2D eigenvalue weighted by molar-refractivity contribution is 0.0963. The number of phenolic OH excluding ortho intramolecular Hbond substituents is 1. The van der Waals surface area contributed by atoms with E-state index in [0.717, 1.165) is 0 Å². The minimum atomic E-state index is -0.394. The summed E-state index contributed by atoms with van der Waals surface area (Å²) in [5.41, 5.74) is 3.26. The molecule has 4 rings (SSSR count). The zero-order chi connectivity index (χ0) is 23.7. The van der Waals surface area contributed by atoms with E-state index in [4.69, 9.17) is 4.42 Å². The number of allylic oxidation sites excluding steroid dienone is 1. The Morgan fingerprint density at radius 3 is 2.39 bits per heavy atom. The summed E-state index contributed by atoms with van der Waals surface area (Å²) in [6.45, 7) is 5.65. The molecule has 1 amide bonds. The molecule has 1 heterocycles. The fraction of sp³-hybridized carbons (Fsp3) is 0.111. The lowest BCUT2D eigenvalue weighted by atomic mass is 9.95. The van der Waals surface area contributed by atoms with E-state index in [2.05, 4.69) is 11.9 Å². The summed E-state index contributed by atoms with van der Waals surface area (Å²) in [4.78, 5) is 25.3. The molecule has 0 aliphatic carbocycles. The monoisotopic (exact) mass is 443 g/mol. The number of ketones is 1. The van der Waals surface area contributed by atoms with Crippen molar-refractivity contribution in [1.29, 1.82) is 0 Å². The van der Waals surface area contributed by atoms with E-state index in [0.29, 0.717) is 56.5 Å². The largest absolute Gasteiger partial charge is 0.507 e. The number of carbonyl (C=O) groups excluding carboxylic acids is 2. The molecule has 0 saturated carbocycles. The summed E-state index contributed by atoms with van der Waals surface area (Å²) < 4.78 is 19.4. The fourth-order valence-electron chi connectivity index (χ4n) is 3.69. The van der Waals surface area contributed by atoms with E-state index >= 15 is 0 Å². The number of rotatable bonds is 6. The number of fused-ring (bicyclic) bond motifs is 1. The van der Waals surface area contributed by atoms with Crippen LogP contribution < -0.4 is 5.32 Å². The maximum Gasteiger partial charge on any atom is 0.255 e. The van der Waals surface area contributed by atoms with Gasteiger partial charge in [-0.2, -0.15) is 0 Å². The van der Waals surface area contributed by atoms with Gasteiger partial charge in [-0.1, -0.05) is 19.6 Å². The molecule has 0 fully saturated rings. The summed E-state index contributed by atoms with van der Waals surface area (Å²) in [6, 6.07) is 15.5. The summed E-state index contributed by atoms with van der Waals surface area (Å²) >= 11 is 0. The van der Waals surface area contributed by atoms with Crippen molar-refractivity contribution in [2.45, 2.75) is 13.3 Å². The maximum absolute atomic E-state index is 13.4. The molecule has 5 nitrogen and oxygen atoms in total. The molecule has 3 aromatic carbocycles. The minimum absolute atomic E-state index is 0.00300. The maximum atomic E-state index is 13.4. The van der Waals surface area contributed by atoms with Gasteiger partial charge in [-0.15, -0.1) is 0 Å². The van der Waals surface area contributed by atoms with E-state index in [-0.39, 0.29) is 17.4 Å². The highest BCUT2D eigenvalue weighted by Crippen LogP contribution is 2.38. The predicted octanol–water partition coefficient (Wildman–Crippen LogP) is 6.12. The second kappa shape index (κ2) is 8.74. The highest BCUT2D eigenvalue weighted by molar-refractivity contribution is 6.12. The Hall–Kier alpha value is -4.19. The topological polar surface area (TPSA) is 79.5 Å². The lowest BCUT2D eigenvalue weighted by Crippen LogP contribution is -2.18. The van der Waals surface area contributed by atoms with E-state index in [1.165, 1.54) is 25.2 Å². The Morgan fingerprint density at radius 1 is 1.03 bits per heavy atom. The molecule has 4 aromatic rings. The molecule has 0 aliphatic rings. The first-order valence-electron chi connectivity index (χ1n) is 10.4. The van der Waals surface area contributed by atoms with Gasteiger partial charge in [0.2, 0.25) is 0 Å². The van der Waals surface area contributed by atoms with Crippen LogP contribution in [-0.2, 0) is 0 Å². The predicted molar refractivity (Wildman–Crippen MR) is 126 cm³/mol. The number of furan rings is 1. The van der Waals surface area contributed by atoms with Crippen molar-refractivity contribution < 1.29 is 23.5 Å². The third kappa shape index (κ3) is 4.03. The van der Waals surface area contributed by atoms with Crippen LogP contribution in [0.15, 0.2) is 77.2 Å². The number of phenols is 1. The van der Waals surface area contributed by atoms with Crippen LogP contribution in [0.5, 0.6) is 5.75 Å². The van der Waals surface area contributed by atoms with Crippen molar-refractivity contribution >= 4 is 22.7 Å². The minimum Gasteiger partial charge on any atom is -0.507 e. The summed E-state index contributed by atoms with van der Waals surface area (Å²) in [5, 5.41) is 13.6. The molecule has 0 saturated heterocycles. The summed E-state index contributed by atoms with van der Waals surface area (Å²) in [5.74, 6) is -0.634. The van der Waals surface area contributed by atoms with Crippen molar-refractivity contribution in [3.05, 3.63) is 89.8 Å². The molecule has 0 radical (unpaired) electrons. The van der Waals surface area contributed by atoms with Gasteiger partial charge in [0.1, 0.15) is 22.9 Å². The molecule has 0 bridgehead atoms. The number of benzene rings is 3. The second-order valence-electron chi connectivity index (χ2n) is 7.62. The van der Waals surface area contributed by atoms with Crippen molar-refractivity contribution in [2.24, 2.45) is 0 Å². The number of amides is 1. The normalized spacial score (nSPS) is 10.9. The molecular weight excluding hydrogens is 421 g/mol. The van der Waals surface area contributed by atoms with Crippen molar-refractivity contribution in [1.82, 2.24) is 5.32 Å². The number of carbonyl (C=O) groups is 2.